The first-order valence-corrected chi connectivity index (χ1v) is 7.40. The molecule has 0 aliphatic carbocycles. The monoisotopic (exact) mass is 255 g/mol. The van der Waals surface area contributed by atoms with Gasteiger partial charge in [-0.1, -0.05) is 30.3 Å². The third kappa shape index (κ3) is 3.54. The molecular formula is C13H21NO2S. The van der Waals surface area contributed by atoms with E-state index in [4.69, 9.17) is 0 Å². The summed E-state index contributed by atoms with van der Waals surface area (Å²) in [6, 6.07) is 9.66. The zero-order valence-corrected chi connectivity index (χ0v) is 11.7. The molecule has 96 valence electrons. The van der Waals surface area contributed by atoms with Gasteiger partial charge in [0.2, 0.25) is 10.0 Å². The fourth-order valence-electron chi connectivity index (χ4n) is 1.60. The van der Waals surface area contributed by atoms with Gasteiger partial charge in [0.15, 0.2) is 0 Å². The topological polar surface area (TPSA) is 37.4 Å². The van der Waals surface area contributed by atoms with E-state index in [-0.39, 0.29) is 11.3 Å². The van der Waals surface area contributed by atoms with Crippen molar-refractivity contribution in [1.82, 2.24) is 4.31 Å². The van der Waals surface area contributed by atoms with Crippen LogP contribution in [0.4, 0.5) is 0 Å². The van der Waals surface area contributed by atoms with E-state index in [2.05, 4.69) is 0 Å². The van der Waals surface area contributed by atoms with Crippen molar-refractivity contribution in [3.8, 4) is 0 Å². The molecule has 0 N–H and O–H groups in total. The van der Waals surface area contributed by atoms with Crippen molar-refractivity contribution in [2.75, 3.05) is 0 Å². The maximum absolute atomic E-state index is 12.2. The lowest BCUT2D eigenvalue weighted by Crippen LogP contribution is -2.40. The quantitative estimate of drug-likeness (QED) is 0.811. The van der Waals surface area contributed by atoms with Crippen LogP contribution in [0, 0.1) is 0 Å². The predicted octanol–water partition coefficient (Wildman–Crippen LogP) is 2.64. The van der Waals surface area contributed by atoms with Crippen molar-refractivity contribution in [2.45, 2.75) is 45.5 Å². The number of nitrogens with zero attached hydrogens (tertiary/aromatic N) is 1. The lowest BCUT2D eigenvalue weighted by atomic mass is 10.2. The van der Waals surface area contributed by atoms with Crippen LogP contribution < -0.4 is 0 Å². The summed E-state index contributed by atoms with van der Waals surface area (Å²) in [5, 5.41) is -0.381. The van der Waals surface area contributed by atoms with E-state index < -0.39 is 10.0 Å². The molecule has 4 heteroatoms. The Bertz CT molecular complexity index is 438. The highest BCUT2D eigenvalue weighted by molar-refractivity contribution is 7.89. The van der Waals surface area contributed by atoms with Crippen LogP contribution >= 0.6 is 0 Å². The van der Waals surface area contributed by atoms with Crippen LogP contribution in [0.3, 0.4) is 0 Å². The van der Waals surface area contributed by atoms with Crippen molar-refractivity contribution < 1.29 is 8.42 Å². The minimum Gasteiger partial charge on any atom is -0.212 e. The predicted molar refractivity (Wildman–Crippen MR) is 71.2 cm³/mol. The van der Waals surface area contributed by atoms with Crippen molar-refractivity contribution in [3.63, 3.8) is 0 Å². The molecule has 0 fully saturated rings. The summed E-state index contributed by atoms with van der Waals surface area (Å²) in [5.74, 6) is 0. The summed E-state index contributed by atoms with van der Waals surface area (Å²) >= 11 is 0. The second-order valence-corrected chi connectivity index (χ2v) is 7.16. The van der Waals surface area contributed by atoms with E-state index in [1.54, 1.807) is 18.2 Å². The van der Waals surface area contributed by atoms with Crippen LogP contribution in [0.15, 0.2) is 30.3 Å². The fraction of sp³-hybridized carbons (Fsp3) is 0.538. The average molecular weight is 255 g/mol. The second kappa shape index (κ2) is 5.65. The van der Waals surface area contributed by atoms with Gasteiger partial charge in [0.1, 0.15) is 0 Å². The molecule has 0 aliphatic rings. The third-order valence-electron chi connectivity index (χ3n) is 2.68. The summed E-state index contributed by atoms with van der Waals surface area (Å²) in [6.45, 7) is 7.69. The Morgan fingerprint density at radius 3 is 2.00 bits per heavy atom. The van der Waals surface area contributed by atoms with Gasteiger partial charge in [-0.05, 0) is 33.3 Å². The van der Waals surface area contributed by atoms with E-state index in [0.717, 1.165) is 5.56 Å². The molecular weight excluding hydrogens is 234 g/mol. The summed E-state index contributed by atoms with van der Waals surface area (Å²) in [5.41, 5.74) is 1.02. The van der Waals surface area contributed by atoms with Crippen molar-refractivity contribution >= 4 is 10.0 Å². The Balaban J connectivity index is 2.97. The standard InChI is InChI=1S/C13H21NO2S/c1-11(2)14(17(15,16)12(3)4)10-13-8-6-5-7-9-13/h5-9,11-12H,10H2,1-4H3. The van der Waals surface area contributed by atoms with Crippen molar-refractivity contribution in [1.29, 1.82) is 0 Å². The number of hydrogen-bond acceptors (Lipinski definition) is 2. The molecule has 0 saturated heterocycles. The molecule has 0 radical (unpaired) electrons. The first-order valence-electron chi connectivity index (χ1n) is 5.90. The molecule has 1 aromatic carbocycles. The van der Waals surface area contributed by atoms with Crippen LogP contribution in [-0.4, -0.2) is 24.0 Å². The lowest BCUT2D eigenvalue weighted by molar-refractivity contribution is 0.344. The summed E-state index contributed by atoms with van der Waals surface area (Å²) in [7, 11) is -3.20. The maximum Gasteiger partial charge on any atom is 0.216 e. The Hall–Kier alpha value is -0.870. The van der Waals surface area contributed by atoms with Crippen LogP contribution in [0.5, 0.6) is 0 Å². The van der Waals surface area contributed by atoms with Crippen LogP contribution in [-0.2, 0) is 16.6 Å². The van der Waals surface area contributed by atoms with Gasteiger partial charge in [-0.25, -0.2) is 8.42 Å². The van der Waals surface area contributed by atoms with Gasteiger partial charge in [0.05, 0.1) is 5.25 Å². The molecule has 1 aromatic rings. The molecule has 0 aromatic heterocycles. The highest BCUT2D eigenvalue weighted by Crippen LogP contribution is 2.16. The van der Waals surface area contributed by atoms with E-state index in [1.165, 1.54) is 0 Å². The first-order chi connectivity index (χ1) is 7.85. The number of rotatable bonds is 5. The zero-order chi connectivity index (χ0) is 13.1. The molecule has 0 unspecified atom stereocenters. The average Bonchev–Trinajstić information content (AvgIpc) is 2.26. The molecule has 0 bridgehead atoms. The number of hydrogen-bond donors (Lipinski definition) is 0. The van der Waals surface area contributed by atoms with E-state index >= 15 is 0 Å². The molecule has 3 nitrogen and oxygen atoms in total. The molecule has 0 saturated carbocycles. The van der Waals surface area contributed by atoms with Crippen molar-refractivity contribution in [3.05, 3.63) is 35.9 Å². The molecule has 1 rings (SSSR count). The van der Waals surface area contributed by atoms with Gasteiger partial charge < -0.3 is 0 Å². The fourth-order valence-corrected chi connectivity index (χ4v) is 3.06. The van der Waals surface area contributed by atoms with E-state index in [9.17, 15) is 8.42 Å². The Morgan fingerprint density at radius 1 is 1.06 bits per heavy atom. The largest absolute Gasteiger partial charge is 0.216 e. The van der Waals surface area contributed by atoms with Crippen LogP contribution in [0.2, 0.25) is 0 Å². The van der Waals surface area contributed by atoms with Gasteiger partial charge in [-0.2, -0.15) is 4.31 Å². The normalized spacial score (nSPS) is 12.6. The van der Waals surface area contributed by atoms with Gasteiger partial charge in [0, 0.05) is 12.6 Å². The SMILES string of the molecule is CC(C)N(Cc1ccccc1)S(=O)(=O)C(C)C. The van der Waals surface area contributed by atoms with Gasteiger partial charge in [0.25, 0.3) is 0 Å². The smallest absolute Gasteiger partial charge is 0.212 e. The zero-order valence-electron chi connectivity index (χ0n) is 10.9. The summed E-state index contributed by atoms with van der Waals surface area (Å²) in [6.07, 6.45) is 0. The van der Waals surface area contributed by atoms with E-state index in [1.807, 2.05) is 44.2 Å². The summed E-state index contributed by atoms with van der Waals surface area (Å²) in [4.78, 5) is 0. The lowest BCUT2D eigenvalue weighted by Gasteiger charge is -2.27. The molecule has 0 heterocycles. The molecule has 0 atom stereocenters. The van der Waals surface area contributed by atoms with Gasteiger partial charge >= 0.3 is 0 Å². The minimum absolute atomic E-state index is 0.0254. The number of benzene rings is 1. The molecule has 0 amide bonds. The van der Waals surface area contributed by atoms with Crippen molar-refractivity contribution in [2.24, 2.45) is 0 Å². The number of sulfonamides is 1. The maximum atomic E-state index is 12.2. The first kappa shape index (κ1) is 14.2. The molecule has 0 spiro atoms. The highest BCUT2D eigenvalue weighted by atomic mass is 32.2. The summed E-state index contributed by atoms with van der Waals surface area (Å²) < 4.78 is 26.0. The Morgan fingerprint density at radius 2 is 1.59 bits per heavy atom. The third-order valence-corrected chi connectivity index (χ3v) is 5.08. The van der Waals surface area contributed by atoms with Gasteiger partial charge in [-0.15, -0.1) is 0 Å². The Labute approximate surface area is 105 Å². The highest BCUT2D eigenvalue weighted by Gasteiger charge is 2.27. The van der Waals surface area contributed by atoms with Gasteiger partial charge in [-0.3, -0.25) is 0 Å². The molecule has 17 heavy (non-hydrogen) atoms. The molecule has 0 aliphatic heterocycles. The van der Waals surface area contributed by atoms with E-state index in [0.29, 0.717) is 6.54 Å². The van der Waals surface area contributed by atoms with Crippen LogP contribution in [0.1, 0.15) is 33.3 Å². The minimum atomic E-state index is -3.20. The van der Waals surface area contributed by atoms with Crippen LogP contribution in [0.25, 0.3) is 0 Å². The second-order valence-electron chi connectivity index (χ2n) is 4.72. The Kier molecular flexibility index (Phi) is 4.71.